The van der Waals surface area contributed by atoms with Crippen LogP contribution >= 0.6 is 0 Å². The highest BCUT2D eigenvalue weighted by Gasteiger charge is 2.61. The van der Waals surface area contributed by atoms with Gasteiger partial charge in [-0.25, -0.2) is 0 Å². The third-order valence-electron chi connectivity index (χ3n) is 4.80. The standard InChI is InChI=1S/C15H16N4O2/c1-10-17-18-14(21-10)15-6-2-12(15)5-9-19(15)13(20)11-3-7-16-8-4-11/h3-4,7-8,12H,2,5-6,9H2,1H3/t12-,15-/m0/s1. The van der Waals surface area contributed by atoms with Gasteiger partial charge in [-0.05, 0) is 37.3 Å². The van der Waals surface area contributed by atoms with Crippen LogP contribution in [0.1, 0.15) is 41.4 Å². The number of aryl methyl sites for hydroxylation is 1. The molecule has 1 saturated heterocycles. The third kappa shape index (κ3) is 1.65. The Labute approximate surface area is 122 Å². The Hall–Kier alpha value is -2.24. The zero-order valence-electron chi connectivity index (χ0n) is 11.8. The number of hydrogen-bond donors (Lipinski definition) is 0. The van der Waals surface area contributed by atoms with Crippen LogP contribution in [0.4, 0.5) is 0 Å². The predicted octanol–water partition coefficient (Wildman–Crippen LogP) is 1.92. The molecule has 1 amide bonds. The van der Waals surface area contributed by atoms with E-state index in [0.29, 0.717) is 23.3 Å². The first-order valence-corrected chi connectivity index (χ1v) is 7.24. The molecule has 1 aliphatic carbocycles. The van der Waals surface area contributed by atoms with Crippen LogP contribution in [0.25, 0.3) is 0 Å². The lowest BCUT2D eigenvalue weighted by molar-refractivity contribution is -0.00343. The zero-order valence-corrected chi connectivity index (χ0v) is 11.8. The van der Waals surface area contributed by atoms with Crippen molar-refractivity contribution in [3.8, 4) is 0 Å². The fourth-order valence-electron chi connectivity index (χ4n) is 3.65. The molecule has 21 heavy (non-hydrogen) atoms. The molecule has 4 rings (SSSR count). The van der Waals surface area contributed by atoms with Gasteiger partial charge < -0.3 is 9.32 Å². The van der Waals surface area contributed by atoms with E-state index >= 15 is 0 Å². The van der Waals surface area contributed by atoms with Crippen LogP contribution in [0.15, 0.2) is 28.9 Å². The summed E-state index contributed by atoms with van der Waals surface area (Å²) in [6, 6.07) is 3.50. The molecular weight excluding hydrogens is 268 g/mol. The Bertz CT molecular complexity index is 684. The SMILES string of the molecule is Cc1nnc([C@]23CC[C@H]2CCN3C(=O)c2ccncc2)o1. The van der Waals surface area contributed by atoms with E-state index in [1.807, 2.05) is 4.90 Å². The Morgan fingerprint density at radius 3 is 2.76 bits per heavy atom. The van der Waals surface area contributed by atoms with E-state index in [0.717, 1.165) is 25.8 Å². The summed E-state index contributed by atoms with van der Waals surface area (Å²) in [6.45, 7) is 2.53. The molecule has 1 aliphatic heterocycles. The van der Waals surface area contributed by atoms with Crippen LogP contribution in [0.5, 0.6) is 0 Å². The summed E-state index contributed by atoms with van der Waals surface area (Å²) in [5, 5.41) is 8.15. The van der Waals surface area contributed by atoms with Gasteiger partial charge in [0.25, 0.3) is 5.91 Å². The van der Waals surface area contributed by atoms with E-state index < -0.39 is 0 Å². The Kier molecular flexibility index (Phi) is 2.60. The molecule has 0 aromatic carbocycles. The topological polar surface area (TPSA) is 72.1 Å². The summed E-state index contributed by atoms with van der Waals surface area (Å²) in [4.78, 5) is 18.7. The lowest BCUT2D eigenvalue weighted by atomic mass is 9.67. The lowest BCUT2D eigenvalue weighted by Gasteiger charge is -2.47. The van der Waals surface area contributed by atoms with Crippen molar-refractivity contribution < 1.29 is 9.21 Å². The van der Waals surface area contributed by atoms with Gasteiger partial charge in [0.15, 0.2) is 0 Å². The number of fused-ring (bicyclic) bond motifs is 1. The highest BCUT2D eigenvalue weighted by Crippen LogP contribution is 2.56. The molecule has 0 unspecified atom stereocenters. The van der Waals surface area contributed by atoms with Crippen molar-refractivity contribution in [3.05, 3.63) is 41.9 Å². The largest absolute Gasteiger partial charge is 0.423 e. The van der Waals surface area contributed by atoms with Gasteiger partial charge in [0, 0.05) is 31.4 Å². The van der Waals surface area contributed by atoms with Gasteiger partial charge in [-0.1, -0.05) is 0 Å². The normalized spacial score (nSPS) is 27.3. The maximum atomic E-state index is 12.8. The van der Waals surface area contributed by atoms with Crippen molar-refractivity contribution in [2.45, 2.75) is 31.7 Å². The first kappa shape index (κ1) is 12.5. The van der Waals surface area contributed by atoms with Crippen molar-refractivity contribution in [2.24, 2.45) is 5.92 Å². The van der Waals surface area contributed by atoms with E-state index in [2.05, 4.69) is 15.2 Å². The monoisotopic (exact) mass is 284 g/mol. The average Bonchev–Trinajstić information content (AvgIpc) is 3.01. The smallest absolute Gasteiger partial charge is 0.254 e. The van der Waals surface area contributed by atoms with Gasteiger partial charge in [0.05, 0.1) is 0 Å². The van der Waals surface area contributed by atoms with E-state index in [-0.39, 0.29) is 11.4 Å². The number of pyridine rings is 1. The van der Waals surface area contributed by atoms with Crippen LogP contribution in [0.2, 0.25) is 0 Å². The molecule has 2 atom stereocenters. The summed E-state index contributed by atoms with van der Waals surface area (Å²) < 4.78 is 5.68. The minimum Gasteiger partial charge on any atom is -0.423 e. The highest BCUT2D eigenvalue weighted by atomic mass is 16.4. The molecule has 0 spiro atoms. The molecule has 108 valence electrons. The summed E-state index contributed by atoms with van der Waals surface area (Å²) in [6.07, 6.45) is 6.30. The summed E-state index contributed by atoms with van der Waals surface area (Å²) in [7, 11) is 0. The van der Waals surface area contributed by atoms with Crippen LogP contribution in [-0.4, -0.2) is 32.5 Å². The van der Waals surface area contributed by atoms with Crippen LogP contribution in [0, 0.1) is 12.8 Å². The Morgan fingerprint density at radius 2 is 2.14 bits per heavy atom. The second-order valence-corrected chi connectivity index (χ2v) is 5.77. The first-order valence-electron chi connectivity index (χ1n) is 7.24. The maximum absolute atomic E-state index is 12.8. The molecule has 0 N–H and O–H groups in total. The van der Waals surface area contributed by atoms with Crippen LogP contribution in [-0.2, 0) is 5.54 Å². The van der Waals surface area contributed by atoms with Crippen molar-refractivity contribution in [3.63, 3.8) is 0 Å². The average molecular weight is 284 g/mol. The van der Waals surface area contributed by atoms with Gasteiger partial charge in [-0.3, -0.25) is 9.78 Å². The number of amides is 1. The van der Waals surface area contributed by atoms with E-state index in [9.17, 15) is 4.79 Å². The number of aromatic nitrogens is 3. The number of hydrogen-bond acceptors (Lipinski definition) is 5. The third-order valence-corrected chi connectivity index (χ3v) is 4.80. The van der Waals surface area contributed by atoms with E-state index in [4.69, 9.17) is 4.42 Å². The molecule has 6 nitrogen and oxygen atoms in total. The van der Waals surface area contributed by atoms with Crippen molar-refractivity contribution >= 4 is 5.91 Å². The summed E-state index contributed by atoms with van der Waals surface area (Å²) in [5.41, 5.74) is 0.273. The fourth-order valence-corrected chi connectivity index (χ4v) is 3.65. The number of rotatable bonds is 2. The molecule has 0 radical (unpaired) electrons. The first-order chi connectivity index (χ1) is 10.2. The van der Waals surface area contributed by atoms with Crippen LogP contribution < -0.4 is 0 Å². The summed E-state index contributed by atoms with van der Waals surface area (Å²) >= 11 is 0. The number of carbonyl (C=O) groups excluding carboxylic acids is 1. The van der Waals surface area contributed by atoms with Gasteiger partial charge in [-0.15, -0.1) is 10.2 Å². The maximum Gasteiger partial charge on any atom is 0.254 e. The quantitative estimate of drug-likeness (QED) is 0.842. The van der Waals surface area contributed by atoms with E-state index in [1.54, 1.807) is 31.5 Å². The molecule has 6 heteroatoms. The minimum absolute atomic E-state index is 0.0236. The summed E-state index contributed by atoms with van der Waals surface area (Å²) in [5.74, 6) is 1.60. The Balaban J connectivity index is 1.73. The van der Waals surface area contributed by atoms with Gasteiger partial charge in [-0.2, -0.15) is 0 Å². The van der Waals surface area contributed by atoms with Gasteiger partial charge in [0.2, 0.25) is 11.8 Å². The second-order valence-electron chi connectivity index (χ2n) is 5.77. The van der Waals surface area contributed by atoms with E-state index in [1.165, 1.54) is 0 Å². The molecule has 2 aromatic rings. The molecule has 3 heterocycles. The molecule has 0 bridgehead atoms. The predicted molar refractivity (Wildman–Crippen MR) is 73.3 cm³/mol. The number of likely N-dealkylation sites (tertiary alicyclic amines) is 1. The fraction of sp³-hybridized carbons (Fsp3) is 0.467. The zero-order chi connectivity index (χ0) is 14.4. The highest BCUT2D eigenvalue weighted by molar-refractivity contribution is 5.95. The molecular formula is C15H16N4O2. The molecule has 2 aliphatic rings. The molecule has 2 fully saturated rings. The van der Waals surface area contributed by atoms with Crippen molar-refractivity contribution in [1.29, 1.82) is 0 Å². The van der Waals surface area contributed by atoms with Crippen molar-refractivity contribution in [2.75, 3.05) is 6.54 Å². The lowest BCUT2D eigenvalue weighted by Crippen LogP contribution is -2.53. The molecule has 2 aromatic heterocycles. The van der Waals surface area contributed by atoms with Gasteiger partial charge >= 0.3 is 0 Å². The van der Waals surface area contributed by atoms with Crippen molar-refractivity contribution in [1.82, 2.24) is 20.1 Å². The molecule has 1 saturated carbocycles. The number of carbonyl (C=O) groups is 1. The minimum atomic E-state index is -0.387. The van der Waals surface area contributed by atoms with Gasteiger partial charge in [0.1, 0.15) is 5.54 Å². The second kappa shape index (κ2) is 4.38. The van der Waals surface area contributed by atoms with Crippen LogP contribution in [0.3, 0.4) is 0 Å². The number of nitrogens with zero attached hydrogens (tertiary/aromatic N) is 4. The Morgan fingerprint density at radius 1 is 1.33 bits per heavy atom.